The highest BCUT2D eigenvalue weighted by molar-refractivity contribution is 6.09. The lowest BCUT2D eigenvalue weighted by molar-refractivity contribution is -0.139. The molecule has 9 nitrogen and oxygen atoms in total. The molecule has 0 aromatic heterocycles. The molecule has 1 amide bonds. The first kappa shape index (κ1) is 24.6. The Kier molecular flexibility index (Phi) is 7.69. The lowest BCUT2D eigenvalue weighted by Gasteiger charge is -2.34. The number of nitrogens with zero attached hydrogens (tertiary/aromatic N) is 2. The molecular formula is C27H26N2O7. The van der Waals surface area contributed by atoms with Gasteiger partial charge in [-0.25, -0.2) is 9.59 Å². The van der Waals surface area contributed by atoms with E-state index in [-0.39, 0.29) is 18.0 Å². The SMILES string of the molecule is COC(=O)c1ccccc1N(CCN1CCOc2c(OCC(=O)O)cccc21)C(=O)c1ccccc1. The third-order valence-electron chi connectivity index (χ3n) is 5.72. The highest BCUT2D eigenvalue weighted by Gasteiger charge is 2.26. The van der Waals surface area contributed by atoms with Gasteiger partial charge in [0.15, 0.2) is 18.1 Å². The summed E-state index contributed by atoms with van der Waals surface area (Å²) in [6.07, 6.45) is 0. The number of ether oxygens (including phenoxy) is 3. The number of carboxylic acid groups (broad SMARTS) is 1. The van der Waals surface area contributed by atoms with E-state index in [4.69, 9.17) is 19.3 Å². The number of hydrogen-bond donors (Lipinski definition) is 1. The van der Waals surface area contributed by atoms with Crippen molar-refractivity contribution >= 4 is 29.2 Å². The van der Waals surface area contributed by atoms with E-state index in [1.807, 2.05) is 17.0 Å². The summed E-state index contributed by atoms with van der Waals surface area (Å²) >= 11 is 0. The van der Waals surface area contributed by atoms with Crippen molar-refractivity contribution < 1.29 is 33.7 Å². The van der Waals surface area contributed by atoms with Crippen LogP contribution in [0.5, 0.6) is 11.5 Å². The lowest BCUT2D eigenvalue weighted by atomic mass is 10.1. The maximum atomic E-state index is 13.6. The summed E-state index contributed by atoms with van der Waals surface area (Å²) in [6.45, 7) is 1.13. The van der Waals surface area contributed by atoms with E-state index in [0.29, 0.717) is 42.4 Å². The maximum absolute atomic E-state index is 13.6. The number of amides is 1. The summed E-state index contributed by atoms with van der Waals surface area (Å²) in [6, 6.07) is 21.0. The molecule has 0 aliphatic carbocycles. The van der Waals surface area contributed by atoms with Crippen LogP contribution in [0, 0.1) is 0 Å². The Bertz CT molecular complexity index is 1250. The smallest absolute Gasteiger partial charge is 0.341 e. The zero-order chi connectivity index (χ0) is 25.5. The van der Waals surface area contributed by atoms with E-state index in [2.05, 4.69) is 0 Å². The minimum Gasteiger partial charge on any atom is -0.486 e. The third kappa shape index (κ3) is 5.41. The molecule has 1 aliphatic heterocycles. The summed E-state index contributed by atoms with van der Waals surface area (Å²) in [5, 5.41) is 8.96. The summed E-state index contributed by atoms with van der Waals surface area (Å²) in [5.74, 6) is -1.07. The molecule has 0 radical (unpaired) electrons. The van der Waals surface area contributed by atoms with E-state index in [1.165, 1.54) is 7.11 Å². The molecule has 0 saturated heterocycles. The van der Waals surface area contributed by atoms with Crippen LogP contribution in [-0.4, -0.2) is 62.9 Å². The number of rotatable bonds is 9. The number of esters is 1. The molecule has 0 fully saturated rings. The van der Waals surface area contributed by atoms with Gasteiger partial charge in [0.1, 0.15) is 6.61 Å². The zero-order valence-corrected chi connectivity index (χ0v) is 19.8. The highest BCUT2D eigenvalue weighted by atomic mass is 16.5. The topological polar surface area (TPSA) is 106 Å². The molecule has 1 N–H and O–H groups in total. The second-order valence-corrected chi connectivity index (χ2v) is 7.95. The van der Waals surface area contributed by atoms with E-state index < -0.39 is 18.5 Å². The number of methoxy groups -OCH3 is 1. The Morgan fingerprint density at radius 3 is 2.50 bits per heavy atom. The Morgan fingerprint density at radius 1 is 1.00 bits per heavy atom. The van der Waals surface area contributed by atoms with E-state index in [0.717, 1.165) is 5.69 Å². The van der Waals surface area contributed by atoms with Gasteiger partial charge in [0.2, 0.25) is 0 Å². The molecule has 4 rings (SSSR count). The molecule has 0 unspecified atom stereocenters. The first-order valence-corrected chi connectivity index (χ1v) is 11.4. The monoisotopic (exact) mass is 490 g/mol. The van der Waals surface area contributed by atoms with Crippen molar-refractivity contribution in [2.24, 2.45) is 0 Å². The van der Waals surface area contributed by atoms with Gasteiger partial charge in [0, 0.05) is 18.7 Å². The summed E-state index contributed by atoms with van der Waals surface area (Å²) in [4.78, 5) is 40.6. The van der Waals surface area contributed by atoms with Gasteiger partial charge in [0.25, 0.3) is 5.91 Å². The fourth-order valence-electron chi connectivity index (χ4n) is 4.04. The molecule has 186 valence electrons. The average Bonchev–Trinajstić information content (AvgIpc) is 2.92. The summed E-state index contributed by atoms with van der Waals surface area (Å²) in [5.41, 5.74) is 1.96. The number of carboxylic acids is 1. The van der Waals surface area contributed by atoms with Gasteiger partial charge < -0.3 is 29.1 Å². The Balaban J connectivity index is 1.64. The van der Waals surface area contributed by atoms with E-state index >= 15 is 0 Å². The molecule has 36 heavy (non-hydrogen) atoms. The largest absolute Gasteiger partial charge is 0.486 e. The van der Waals surface area contributed by atoms with E-state index in [9.17, 15) is 14.4 Å². The summed E-state index contributed by atoms with van der Waals surface area (Å²) in [7, 11) is 1.30. The van der Waals surface area contributed by atoms with Crippen molar-refractivity contribution in [1.29, 1.82) is 0 Å². The predicted molar refractivity (Wildman–Crippen MR) is 133 cm³/mol. The van der Waals surface area contributed by atoms with Gasteiger partial charge in [-0.15, -0.1) is 0 Å². The van der Waals surface area contributed by atoms with Crippen LogP contribution >= 0.6 is 0 Å². The minimum atomic E-state index is -1.08. The molecule has 0 spiro atoms. The Hall–Kier alpha value is -4.53. The average molecular weight is 491 g/mol. The van der Waals surface area contributed by atoms with Crippen LogP contribution in [0.4, 0.5) is 11.4 Å². The number of hydrogen-bond acceptors (Lipinski definition) is 7. The predicted octanol–water partition coefficient (Wildman–Crippen LogP) is 3.48. The maximum Gasteiger partial charge on any atom is 0.341 e. The summed E-state index contributed by atoms with van der Waals surface area (Å²) < 4.78 is 16.1. The Morgan fingerprint density at radius 2 is 1.75 bits per heavy atom. The molecule has 1 aliphatic rings. The van der Waals surface area contributed by atoms with Gasteiger partial charge in [-0.05, 0) is 36.4 Å². The Labute approximate surface area is 208 Å². The number of anilines is 2. The van der Waals surface area contributed by atoms with Gasteiger partial charge in [-0.2, -0.15) is 0 Å². The van der Waals surface area contributed by atoms with Crippen LogP contribution in [0.25, 0.3) is 0 Å². The second-order valence-electron chi connectivity index (χ2n) is 7.95. The minimum absolute atomic E-state index is 0.251. The fraction of sp³-hybridized carbons (Fsp3) is 0.222. The van der Waals surface area contributed by atoms with Gasteiger partial charge in [-0.3, -0.25) is 4.79 Å². The number of carbonyl (C=O) groups excluding carboxylic acids is 2. The van der Waals surface area contributed by atoms with Crippen molar-refractivity contribution in [1.82, 2.24) is 0 Å². The number of benzene rings is 3. The molecule has 0 saturated carbocycles. The number of carbonyl (C=O) groups is 3. The van der Waals surface area contributed by atoms with Gasteiger partial charge in [0.05, 0.1) is 30.6 Å². The van der Waals surface area contributed by atoms with Gasteiger partial charge >= 0.3 is 11.9 Å². The molecule has 3 aromatic carbocycles. The first-order chi connectivity index (χ1) is 17.5. The van der Waals surface area contributed by atoms with Crippen molar-refractivity contribution in [3.8, 4) is 11.5 Å². The van der Waals surface area contributed by atoms with Crippen LogP contribution < -0.4 is 19.3 Å². The van der Waals surface area contributed by atoms with Crippen LogP contribution in [-0.2, 0) is 9.53 Å². The molecular weight excluding hydrogens is 464 g/mol. The molecule has 3 aromatic rings. The normalized spacial score (nSPS) is 12.2. The number of para-hydroxylation sites is 2. The van der Waals surface area contributed by atoms with Gasteiger partial charge in [-0.1, -0.05) is 36.4 Å². The zero-order valence-electron chi connectivity index (χ0n) is 19.8. The highest BCUT2D eigenvalue weighted by Crippen LogP contribution is 2.40. The third-order valence-corrected chi connectivity index (χ3v) is 5.72. The lowest BCUT2D eigenvalue weighted by Crippen LogP contribution is -2.42. The van der Waals surface area contributed by atoms with Crippen molar-refractivity contribution in [2.75, 3.05) is 49.8 Å². The second kappa shape index (κ2) is 11.3. The van der Waals surface area contributed by atoms with Crippen molar-refractivity contribution in [2.45, 2.75) is 0 Å². The molecule has 9 heteroatoms. The number of fused-ring (bicyclic) bond motifs is 1. The number of aliphatic carboxylic acids is 1. The van der Waals surface area contributed by atoms with Crippen LogP contribution in [0.2, 0.25) is 0 Å². The molecule has 1 heterocycles. The van der Waals surface area contributed by atoms with E-state index in [1.54, 1.807) is 65.6 Å². The fourth-order valence-corrected chi connectivity index (χ4v) is 4.04. The standard InChI is InChI=1S/C27H26N2O7/c1-34-27(33)20-10-5-6-11-21(20)29(26(32)19-8-3-2-4-9-19)15-14-28-16-17-35-25-22(28)12-7-13-23(25)36-18-24(30)31/h2-13H,14-18H2,1H3,(H,30,31). The first-order valence-electron chi connectivity index (χ1n) is 11.4. The van der Waals surface area contributed by atoms with Crippen LogP contribution in [0.1, 0.15) is 20.7 Å². The molecule has 0 bridgehead atoms. The quantitative estimate of drug-likeness (QED) is 0.455. The van der Waals surface area contributed by atoms with Crippen LogP contribution in [0.15, 0.2) is 72.8 Å². The van der Waals surface area contributed by atoms with Crippen molar-refractivity contribution in [3.63, 3.8) is 0 Å². The van der Waals surface area contributed by atoms with Crippen LogP contribution in [0.3, 0.4) is 0 Å². The van der Waals surface area contributed by atoms with Crippen molar-refractivity contribution in [3.05, 3.63) is 83.9 Å². The molecule has 0 atom stereocenters.